The van der Waals surface area contributed by atoms with E-state index >= 15 is 0 Å². The molecule has 1 aliphatic heterocycles. The fraction of sp³-hybridized carbons (Fsp3) is 0.346. The van der Waals surface area contributed by atoms with Crippen molar-refractivity contribution in [1.82, 2.24) is 4.90 Å². The predicted molar refractivity (Wildman–Crippen MR) is 139 cm³/mol. The van der Waals surface area contributed by atoms with Gasteiger partial charge in [0.2, 0.25) is 0 Å². The average Bonchev–Trinajstić information content (AvgIpc) is 3.06. The molecular formula is C26H29NO5S2. The number of hydrogen-bond donors (Lipinski definition) is 0. The number of nitrogens with zero attached hydrogens (tertiary/aromatic N) is 1. The van der Waals surface area contributed by atoms with E-state index in [1.807, 2.05) is 18.2 Å². The van der Waals surface area contributed by atoms with Crippen LogP contribution in [0.25, 0.3) is 6.08 Å². The SMILES string of the molecule is CCOC(=O)CCN1C(=O)/C(=C\c2ccc(OCc3cc(C)c(C)cc3C)c(OC)c2)SC1=S. The highest BCUT2D eigenvalue weighted by Crippen LogP contribution is 2.35. The van der Waals surface area contributed by atoms with Gasteiger partial charge in [0.1, 0.15) is 10.9 Å². The molecule has 0 unspecified atom stereocenters. The van der Waals surface area contributed by atoms with Crippen molar-refractivity contribution < 1.29 is 23.8 Å². The van der Waals surface area contributed by atoms with Crippen LogP contribution in [0.3, 0.4) is 0 Å². The number of ether oxygens (including phenoxy) is 3. The first-order valence-corrected chi connectivity index (χ1v) is 12.2. The van der Waals surface area contributed by atoms with Crippen molar-refractivity contribution in [3.63, 3.8) is 0 Å². The minimum Gasteiger partial charge on any atom is -0.493 e. The summed E-state index contributed by atoms with van der Waals surface area (Å²) in [4.78, 5) is 26.4. The molecule has 2 aromatic rings. The number of aryl methyl sites for hydroxylation is 3. The molecule has 1 aliphatic rings. The second kappa shape index (κ2) is 11.5. The maximum absolute atomic E-state index is 12.8. The average molecular weight is 500 g/mol. The molecule has 0 N–H and O–H groups in total. The van der Waals surface area contributed by atoms with Crippen molar-refractivity contribution in [2.75, 3.05) is 20.3 Å². The second-order valence-corrected chi connectivity index (χ2v) is 9.63. The van der Waals surface area contributed by atoms with Gasteiger partial charge >= 0.3 is 5.97 Å². The minimum absolute atomic E-state index is 0.105. The Hall–Kier alpha value is -2.84. The zero-order valence-corrected chi connectivity index (χ0v) is 21.7. The Balaban J connectivity index is 1.71. The zero-order chi connectivity index (χ0) is 24.8. The lowest BCUT2D eigenvalue weighted by Crippen LogP contribution is -2.30. The molecule has 1 amide bonds. The van der Waals surface area contributed by atoms with Gasteiger partial charge in [-0.3, -0.25) is 14.5 Å². The Bertz CT molecular complexity index is 1140. The van der Waals surface area contributed by atoms with E-state index in [1.54, 1.807) is 20.1 Å². The Morgan fingerprint density at radius 2 is 1.82 bits per heavy atom. The van der Waals surface area contributed by atoms with Gasteiger partial charge in [-0.05, 0) is 73.7 Å². The van der Waals surface area contributed by atoms with Gasteiger partial charge in [-0.1, -0.05) is 42.2 Å². The lowest BCUT2D eigenvalue weighted by atomic mass is 10.0. The number of benzene rings is 2. The molecule has 0 saturated carbocycles. The van der Waals surface area contributed by atoms with Crippen molar-refractivity contribution in [2.45, 2.75) is 40.7 Å². The molecule has 8 heteroatoms. The van der Waals surface area contributed by atoms with Crippen LogP contribution in [-0.2, 0) is 20.9 Å². The van der Waals surface area contributed by atoms with Gasteiger partial charge in [0, 0.05) is 6.54 Å². The predicted octanol–water partition coefficient (Wildman–Crippen LogP) is 5.35. The third kappa shape index (κ3) is 6.18. The summed E-state index contributed by atoms with van der Waals surface area (Å²) >= 11 is 6.55. The summed E-state index contributed by atoms with van der Waals surface area (Å²) in [6.45, 7) is 8.96. The number of thiocarbonyl (C=S) groups is 1. The van der Waals surface area contributed by atoms with E-state index in [4.69, 9.17) is 26.4 Å². The van der Waals surface area contributed by atoms with Crippen LogP contribution in [0.5, 0.6) is 11.5 Å². The summed E-state index contributed by atoms with van der Waals surface area (Å²) in [7, 11) is 1.59. The Morgan fingerprint density at radius 1 is 1.09 bits per heavy atom. The van der Waals surface area contributed by atoms with E-state index in [9.17, 15) is 9.59 Å². The van der Waals surface area contributed by atoms with Gasteiger partial charge in [0.25, 0.3) is 5.91 Å². The summed E-state index contributed by atoms with van der Waals surface area (Å²) in [5.41, 5.74) is 5.59. The van der Waals surface area contributed by atoms with Crippen LogP contribution in [0.1, 0.15) is 41.2 Å². The molecule has 2 aromatic carbocycles. The molecule has 1 fully saturated rings. The van der Waals surface area contributed by atoms with Crippen LogP contribution >= 0.6 is 24.0 Å². The van der Waals surface area contributed by atoms with Crippen LogP contribution in [-0.4, -0.2) is 41.4 Å². The molecule has 6 nitrogen and oxygen atoms in total. The first-order chi connectivity index (χ1) is 16.2. The number of esters is 1. The number of methoxy groups -OCH3 is 1. The van der Waals surface area contributed by atoms with Crippen molar-refractivity contribution in [2.24, 2.45) is 0 Å². The monoisotopic (exact) mass is 499 g/mol. The molecule has 0 spiro atoms. The molecule has 34 heavy (non-hydrogen) atoms. The van der Waals surface area contributed by atoms with Gasteiger partial charge in [-0.25, -0.2) is 0 Å². The van der Waals surface area contributed by atoms with Gasteiger partial charge in [0.05, 0.1) is 25.0 Å². The van der Waals surface area contributed by atoms with Crippen molar-refractivity contribution in [3.05, 3.63) is 63.1 Å². The molecule has 0 radical (unpaired) electrons. The van der Waals surface area contributed by atoms with E-state index in [1.165, 1.54) is 33.4 Å². The van der Waals surface area contributed by atoms with Gasteiger partial charge in [0.15, 0.2) is 11.5 Å². The Morgan fingerprint density at radius 3 is 2.53 bits per heavy atom. The third-order valence-corrected chi connectivity index (χ3v) is 6.92. The summed E-state index contributed by atoms with van der Waals surface area (Å²) < 4.78 is 16.9. The molecule has 0 aromatic heterocycles. The molecule has 0 bridgehead atoms. The summed E-state index contributed by atoms with van der Waals surface area (Å²) in [5.74, 6) is 0.632. The van der Waals surface area contributed by atoms with Crippen molar-refractivity contribution >= 4 is 46.3 Å². The highest BCUT2D eigenvalue weighted by Gasteiger charge is 2.32. The Labute approximate surface area is 210 Å². The smallest absolute Gasteiger partial charge is 0.307 e. The fourth-order valence-electron chi connectivity index (χ4n) is 3.50. The lowest BCUT2D eigenvalue weighted by Gasteiger charge is -2.14. The molecule has 1 saturated heterocycles. The second-order valence-electron chi connectivity index (χ2n) is 7.95. The Kier molecular flexibility index (Phi) is 8.74. The van der Waals surface area contributed by atoms with E-state index in [0.717, 1.165) is 11.1 Å². The standard InChI is InChI=1S/C26H29NO5S2/c1-6-31-24(28)9-10-27-25(29)23(34-26(27)33)14-19-7-8-21(22(13-19)30-5)32-15-20-12-17(3)16(2)11-18(20)4/h7-8,11-14H,6,9-10,15H2,1-5H3/b23-14+. The summed E-state index contributed by atoms with van der Waals surface area (Å²) in [5, 5.41) is 0. The van der Waals surface area contributed by atoms with E-state index in [2.05, 4.69) is 32.9 Å². The quantitative estimate of drug-likeness (QED) is 0.262. The first-order valence-electron chi connectivity index (χ1n) is 11.0. The van der Waals surface area contributed by atoms with E-state index in [-0.39, 0.29) is 24.8 Å². The van der Waals surface area contributed by atoms with Crippen molar-refractivity contribution in [3.8, 4) is 11.5 Å². The first kappa shape index (κ1) is 25.8. The maximum Gasteiger partial charge on any atom is 0.307 e. The van der Waals surface area contributed by atoms with Crippen LogP contribution < -0.4 is 9.47 Å². The number of thioether (sulfide) groups is 1. The van der Waals surface area contributed by atoms with Crippen molar-refractivity contribution in [1.29, 1.82) is 0 Å². The number of carbonyl (C=O) groups is 2. The molecule has 1 heterocycles. The van der Waals surface area contributed by atoms with Crippen LogP contribution in [0, 0.1) is 20.8 Å². The largest absolute Gasteiger partial charge is 0.493 e. The zero-order valence-electron chi connectivity index (χ0n) is 20.1. The van der Waals surface area contributed by atoms with Gasteiger partial charge in [-0.2, -0.15) is 0 Å². The summed E-state index contributed by atoms with van der Waals surface area (Å²) in [6.07, 6.45) is 1.87. The molecule has 0 aliphatic carbocycles. The van der Waals surface area contributed by atoms with Crippen LogP contribution in [0.15, 0.2) is 35.2 Å². The lowest BCUT2D eigenvalue weighted by molar-refractivity contribution is -0.143. The summed E-state index contributed by atoms with van der Waals surface area (Å²) in [6, 6.07) is 9.85. The van der Waals surface area contributed by atoms with Gasteiger partial charge in [-0.15, -0.1) is 0 Å². The fourth-order valence-corrected chi connectivity index (χ4v) is 4.81. The number of rotatable bonds is 9. The highest BCUT2D eigenvalue weighted by molar-refractivity contribution is 8.26. The topological polar surface area (TPSA) is 65.1 Å². The minimum atomic E-state index is -0.350. The van der Waals surface area contributed by atoms with Gasteiger partial charge < -0.3 is 14.2 Å². The molecule has 3 rings (SSSR count). The molecular weight excluding hydrogens is 470 g/mol. The molecule has 180 valence electrons. The van der Waals surface area contributed by atoms with E-state index in [0.29, 0.717) is 33.9 Å². The molecule has 0 atom stereocenters. The van der Waals surface area contributed by atoms with Crippen LogP contribution in [0.4, 0.5) is 0 Å². The number of carbonyl (C=O) groups excluding carboxylic acids is 2. The maximum atomic E-state index is 12.8. The third-order valence-electron chi connectivity index (χ3n) is 5.54. The number of amides is 1. The normalized spacial score (nSPS) is 14.6. The van der Waals surface area contributed by atoms with E-state index < -0.39 is 0 Å². The van der Waals surface area contributed by atoms with Crippen LogP contribution in [0.2, 0.25) is 0 Å². The highest BCUT2D eigenvalue weighted by atomic mass is 32.2. The number of hydrogen-bond acceptors (Lipinski definition) is 7.